The van der Waals surface area contributed by atoms with Crippen LogP contribution in [0.2, 0.25) is 0 Å². The van der Waals surface area contributed by atoms with E-state index in [-0.39, 0.29) is 32.6 Å². The van der Waals surface area contributed by atoms with Gasteiger partial charge in [0.1, 0.15) is 6.61 Å². The van der Waals surface area contributed by atoms with Gasteiger partial charge in [-0.2, -0.15) is 0 Å². The molecule has 0 rings (SSSR count). The summed E-state index contributed by atoms with van der Waals surface area (Å²) in [5.41, 5.74) is 5.30. The Hall–Kier alpha value is -2.03. The Morgan fingerprint density at radius 3 is 1.86 bits per heavy atom. The van der Waals surface area contributed by atoms with Gasteiger partial charge in [0.15, 0.2) is 6.10 Å². The topological polar surface area (TPSA) is 134 Å². The molecule has 44 heavy (non-hydrogen) atoms. The average Bonchev–Trinajstić information content (AvgIpc) is 3.00. The second kappa shape index (κ2) is 31.0. The zero-order valence-electron chi connectivity index (χ0n) is 27.4. The van der Waals surface area contributed by atoms with Gasteiger partial charge in [-0.1, -0.05) is 127 Å². The van der Waals surface area contributed by atoms with Crippen LogP contribution in [0.1, 0.15) is 123 Å². The van der Waals surface area contributed by atoms with Crippen LogP contribution in [-0.2, 0) is 32.7 Å². The van der Waals surface area contributed by atoms with Crippen molar-refractivity contribution in [3.63, 3.8) is 0 Å². The molecule has 254 valence electrons. The van der Waals surface area contributed by atoms with Crippen LogP contribution in [0.15, 0.2) is 48.6 Å². The molecule has 0 saturated carbocycles. The molecule has 10 heteroatoms. The number of ether oxygens (including phenoxy) is 2. The molecule has 0 aliphatic rings. The van der Waals surface area contributed by atoms with Crippen molar-refractivity contribution in [1.29, 1.82) is 0 Å². The van der Waals surface area contributed by atoms with Crippen LogP contribution in [0, 0.1) is 0 Å². The number of phosphoric acid groups is 1. The second-order valence-electron chi connectivity index (χ2n) is 10.7. The highest BCUT2D eigenvalue weighted by Crippen LogP contribution is 2.43. The highest BCUT2D eigenvalue weighted by Gasteiger charge is 2.25. The quantitative estimate of drug-likeness (QED) is 0.0343. The standard InChI is InChI=1S/C34H60NO8P/c1-3-5-7-9-11-13-14-15-16-17-18-19-21-22-24-26-33(36)40-30-32(31-42-44(38,39)41-29-28-35)43-34(37)27-25-23-20-12-10-8-6-4-2/h5,7,9,11,13-16,32H,3-4,6,8,10,12,17-31,35H2,1-2H3,(H,38,39)/b7-5+,11-9+,14-13+,16-15+/t32-/m0/s1. The first kappa shape index (κ1) is 42.0. The lowest BCUT2D eigenvalue weighted by molar-refractivity contribution is -0.161. The maximum absolute atomic E-state index is 12.4. The molecule has 0 bridgehead atoms. The summed E-state index contributed by atoms with van der Waals surface area (Å²) in [5.74, 6) is -0.867. The van der Waals surface area contributed by atoms with Crippen LogP contribution in [0.4, 0.5) is 0 Å². The zero-order chi connectivity index (χ0) is 32.6. The number of carbonyl (C=O) groups is 2. The van der Waals surface area contributed by atoms with E-state index in [1.807, 2.05) is 30.4 Å². The smallest absolute Gasteiger partial charge is 0.462 e. The van der Waals surface area contributed by atoms with Crippen molar-refractivity contribution in [2.24, 2.45) is 5.73 Å². The SMILES string of the molecule is CC/C=C/C=C/C=C/C=C/CCCCCCCC(=O)OC[C@@H](COP(=O)(O)OCCN)OC(=O)CCCCCCCCCC. The van der Waals surface area contributed by atoms with Crippen LogP contribution in [-0.4, -0.2) is 49.3 Å². The summed E-state index contributed by atoms with van der Waals surface area (Å²) in [6.45, 7) is 3.49. The Bertz CT molecular complexity index is 871. The number of carbonyl (C=O) groups excluding carboxylic acids is 2. The van der Waals surface area contributed by atoms with E-state index < -0.39 is 32.5 Å². The number of phosphoric ester groups is 1. The Morgan fingerprint density at radius 2 is 1.25 bits per heavy atom. The van der Waals surface area contributed by atoms with Crippen molar-refractivity contribution in [1.82, 2.24) is 0 Å². The summed E-state index contributed by atoms with van der Waals surface area (Å²) in [5, 5.41) is 0. The molecule has 0 saturated heterocycles. The molecular formula is C34H60NO8P. The molecule has 0 aliphatic carbocycles. The van der Waals surface area contributed by atoms with Crippen LogP contribution < -0.4 is 5.73 Å². The highest BCUT2D eigenvalue weighted by atomic mass is 31.2. The van der Waals surface area contributed by atoms with Gasteiger partial charge in [-0.3, -0.25) is 18.6 Å². The van der Waals surface area contributed by atoms with E-state index in [4.69, 9.17) is 24.3 Å². The minimum atomic E-state index is -4.37. The van der Waals surface area contributed by atoms with Gasteiger partial charge in [-0.15, -0.1) is 0 Å². The van der Waals surface area contributed by atoms with Crippen molar-refractivity contribution in [2.45, 2.75) is 129 Å². The lowest BCUT2D eigenvalue weighted by atomic mass is 10.1. The van der Waals surface area contributed by atoms with Crippen LogP contribution in [0.25, 0.3) is 0 Å². The monoisotopic (exact) mass is 641 g/mol. The molecule has 0 aromatic rings. The summed E-state index contributed by atoms with van der Waals surface area (Å²) < 4.78 is 32.4. The van der Waals surface area contributed by atoms with E-state index in [1.165, 1.54) is 25.7 Å². The Balaban J connectivity index is 4.31. The first-order chi connectivity index (χ1) is 21.3. The zero-order valence-corrected chi connectivity index (χ0v) is 28.3. The van der Waals surface area contributed by atoms with Gasteiger partial charge in [0, 0.05) is 19.4 Å². The van der Waals surface area contributed by atoms with Gasteiger partial charge < -0.3 is 20.1 Å². The van der Waals surface area contributed by atoms with Gasteiger partial charge in [-0.25, -0.2) is 4.57 Å². The van der Waals surface area contributed by atoms with E-state index in [0.29, 0.717) is 12.8 Å². The number of esters is 2. The van der Waals surface area contributed by atoms with Gasteiger partial charge >= 0.3 is 19.8 Å². The van der Waals surface area contributed by atoms with E-state index in [9.17, 15) is 19.0 Å². The fourth-order valence-electron chi connectivity index (χ4n) is 4.11. The first-order valence-electron chi connectivity index (χ1n) is 16.7. The van der Waals surface area contributed by atoms with Crippen molar-refractivity contribution in [2.75, 3.05) is 26.4 Å². The van der Waals surface area contributed by atoms with Crippen molar-refractivity contribution in [3.05, 3.63) is 48.6 Å². The van der Waals surface area contributed by atoms with Crippen LogP contribution in [0.5, 0.6) is 0 Å². The van der Waals surface area contributed by atoms with E-state index in [0.717, 1.165) is 57.8 Å². The fourth-order valence-corrected chi connectivity index (χ4v) is 4.88. The van der Waals surface area contributed by atoms with Crippen LogP contribution in [0.3, 0.4) is 0 Å². The first-order valence-corrected chi connectivity index (χ1v) is 18.2. The third kappa shape index (κ3) is 30.0. The Kier molecular flexibility index (Phi) is 29.5. The molecule has 0 aromatic carbocycles. The van der Waals surface area contributed by atoms with Gasteiger partial charge in [0.05, 0.1) is 13.2 Å². The number of unbranched alkanes of at least 4 members (excludes halogenated alkanes) is 12. The molecule has 0 spiro atoms. The molecule has 2 atom stereocenters. The molecule has 0 radical (unpaired) electrons. The number of hydrogen-bond donors (Lipinski definition) is 2. The van der Waals surface area contributed by atoms with Crippen molar-refractivity contribution in [3.8, 4) is 0 Å². The van der Waals surface area contributed by atoms with E-state index in [2.05, 4.69) is 32.1 Å². The van der Waals surface area contributed by atoms with Gasteiger partial charge in [0.25, 0.3) is 0 Å². The average molecular weight is 642 g/mol. The summed E-state index contributed by atoms with van der Waals surface area (Å²) in [4.78, 5) is 34.4. The second-order valence-corrected chi connectivity index (χ2v) is 12.2. The maximum atomic E-state index is 12.4. The van der Waals surface area contributed by atoms with E-state index in [1.54, 1.807) is 0 Å². The van der Waals surface area contributed by atoms with Gasteiger partial charge in [-0.05, 0) is 32.1 Å². The fraction of sp³-hybridized carbons (Fsp3) is 0.706. The van der Waals surface area contributed by atoms with Crippen molar-refractivity contribution < 1.29 is 37.6 Å². The summed E-state index contributed by atoms with van der Waals surface area (Å²) in [6.07, 6.45) is 31.5. The molecular weight excluding hydrogens is 581 g/mol. The summed E-state index contributed by atoms with van der Waals surface area (Å²) in [6, 6.07) is 0. The lowest BCUT2D eigenvalue weighted by Gasteiger charge is -2.19. The molecule has 0 aromatic heterocycles. The maximum Gasteiger partial charge on any atom is 0.472 e. The predicted octanol–water partition coefficient (Wildman–Crippen LogP) is 8.43. The number of rotatable bonds is 30. The number of nitrogens with two attached hydrogens (primary N) is 1. The van der Waals surface area contributed by atoms with E-state index >= 15 is 0 Å². The predicted molar refractivity (Wildman–Crippen MR) is 178 cm³/mol. The van der Waals surface area contributed by atoms with Gasteiger partial charge in [0.2, 0.25) is 0 Å². The Morgan fingerprint density at radius 1 is 0.705 bits per heavy atom. The molecule has 3 N–H and O–H groups in total. The number of allylic oxidation sites excluding steroid dienone is 8. The minimum absolute atomic E-state index is 0.0484. The third-order valence-electron chi connectivity index (χ3n) is 6.57. The molecule has 1 unspecified atom stereocenters. The van der Waals surface area contributed by atoms with Crippen molar-refractivity contribution >= 4 is 19.8 Å². The molecule has 0 aliphatic heterocycles. The Labute approximate surface area is 266 Å². The molecule has 9 nitrogen and oxygen atoms in total. The number of hydrogen-bond acceptors (Lipinski definition) is 8. The molecule has 0 amide bonds. The molecule has 0 fully saturated rings. The lowest BCUT2D eigenvalue weighted by Crippen LogP contribution is -2.29. The van der Waals surface area contributed by atoms with Crippen LogP contribution >= 0.6 is 7.82 Å². The minimum Gasteiger partial charge on any atom is -0.462 e. The third-order valence-corrected chi connectivity index (χ3v) is 7.56. The largest absolute Gasteiger partial charge is 0.472 e. The molecule has 0 heterocycles. The summed E-state index contributed by atoms with van der Waals surface area (Å²) in [7, 11) is -4.37. The summed E-state index contributed by atoms with van der Waals surface area (Å²) >= 11 is 0. The highest BCUT2D eigenvalue weighted by molar-refractivity contribution is 7.47. The normalized spacial score (nSPS) is 14.2.